The molecule has 0 radical (unpaired) electrons. The molecule has 5 heteroatoms. The molecule has 0 spiro atoms. The largest absolute Gasteiger partial charge is 0.352 e. The smallest absolute Gasteiger partial charge is 0.254 e. The maximum Gasteiger partial charge on any atom is 0.254 e. The minimum Gasteiger partial charge on any atom is -0.352 e. The first kappa shape index (κ1) is 14.7. The first-order valence-electron chi connectivity index (χ1n) is 6.04. The Labute approximate surface area is 123 Å². The van der Waals surface area contributed by atoms with Crippen LogP contribution in [0.3, 0.4) is 0 Å². The average Bonchev–Trinajstić information content (AvgIpc) is 2.43. The Kier molecular flexibility index (Phi) is 4.84. The van der Waals surface area contributed by atoms with E-state index in [4.69, 9.17) is 0 Å². The van der Waals surface area contributed by atoms with Gasteiger partial charge < -0.3 is 5.32 Å². The molecule has 0 aromatic heterocycles. The fraction of sp³-hybridized carbons (Fsp3) is 0.133. The van der Waals surface area contributed by atoms with Crippen molar-refractivity contribution in [2.75, 3.05) is 6.54 Å². The molecule has 0 fully saturated rings. The number of benzene rings is 2. The maximum absolute atomic E-state index is 13.5. The highest BCUT2D eigenvalue weighted by Crippen LogP contribution is 2.15. The summed E-state index contributed by atoms with van der Waals surface area (Å²) in [6, 6.07) is 10.2. The van der Waals surface area contributed by atoms with Crippen molar-refractivity contribution in [1.29, 1.82) is 0 Å². The third kappa shape index (κ3) is 3.87. The molecule has 0 aliphatic heterocycles. The molecule has 2 aromatic carbocycles. The molecule has 0 saturated heterocycles. The molecule has 2 rings (SSSR count). The Balaban J connectivity index is 1.92. The zero-order chi connectivity index (χ0) is 14.5. The second kappa shape index (κ2) is 6.61. The molecule has 0 aliphatic rings. The molecule has 0 atom stereocenters. The quantitative estimate of drug-likeness (QED) is 0.904. The number of nitrogens with one attached hydrogen (secondary N) is 1. The van der Waals surface area contributed by atoms with Gasteiger partial charge in [0.2, 0.25) is 0 Å². The molecule has 0 unspecified atom stereocenters. The van der Waals surface area contributed by atoms with E-state index in [1.54, 1.807) is 12.1 Å². The van der Waals surface area contributed by atoms with Gasteiger partial charge in [-0.25, -0.2) is 8.78 Å². The lowest BCUT2D eigenvalue weighted by Crippen LogP contribution is -2.26. The van der Waals surface area contributed by atoms with Crippen molar-refractivity contribution in [3.8, 4) is 0 Å². The van der Waals surface area contributed by atoms with Gasteiger partial charge in [0.15, 0.2) is 0 Å². The normalized spacial score (nSPS) is 10.3. The summed E-state index contributed by atoms with van der Waals surface area (Å²) < 4.78 is 26.9. The molecule has 0 bridgehead atoms. The zero-order valence-electron chi connectivity index (χ0n) is 10.5. The standard InChI is InChI=1S/C15H12BrF2NO/c16-11-3-6-14(18)13(9-11)15(20)19-8-7-10-1-4-12(17)5-2-10/h1-6,9H,7-8H2,(H,19,20). The van der Waals surface area contributed by atoms with Crippen LogP contribution in [0.1, 0.15) is 15.9 Å². The van der Waals surface area contributed by atoms with Gasteiger partial charge in [-0.05, 0) is 42.3 Å². The van der Waals surface area contributed by atoms with Crippen LogP contribution in [0, 0.1) is 11.6 Å². The van der Waals surface area contributed by atoms with E-state index >= 15 is 0 Å². The Morgan fingerprint density at radius 1 is 1.10 bits per heavy atom. The minimum atomic E-state index is -0.563. The van der Waals surface area contributed by atoms with Crippen LogP contribution >= 0.6 is 15.9 Å². The third-order valence-electron chi connectivity index (χ3n) is 2.79. The molecule has 2 aromatic rings. The second-order valence-corrected chi connectivity index (χ2v) is 5.17. The van der Waals surface area contributed by atoms with Gasteiger partial charge in [-0.3, -0.25) is 4.79 Å². The molecule has 0 saturated carbocycles. The van der Waals surface area contributed by atoms with Crippen LogP contribution in [0.25, 0.3) is 0 Å². The second-order valence-electron chi connectivity index (χ2n) is 4.26. The predicted molar refractivity (Wildman–Crippen MR) is 76.5 cm³/mol. The summed E-state index contributed by atoms with van der Waals surface area (Å²) >= 11 is 3.19. The van der Waals surface area contributed by atoms with Gasteiger partial charge in [0.25, 0.3) is 5.91 Å². The van der Waals surface area contributed by atoms with Crippen molar-refractivity contribution >= 4 is 21.8 Å². The Morgan fingerprint density at radius 2 is 1.80 bits per heavy atom. The molecular weight excluding hydrogens is 328 g/mol. The van der Waals surface area contributed by atoms with Crippen LogP contribution in [-0.4, -0.2) is 12.5 Å². The minimum absolute atomic E-state index is 0.00141. The molecule has 1 N–H and O–H groups in total. The van der Waals surface area contributed by atoms with E-state index in [1.807, 2.05) is 0 Å². The molecule has 0 heterocycles. The number of halogens is 3. The number of hydrogen-bond donors (Lipinski definition) is 1. The van der Waals surface area contributed by atoms with Crippen molar-refractivity contribution in [1.82, 2.24) is 5.32 Å². The first-order valence-corrected chi connectivity index (χ1v) is 6.83. The van der Waals surface area contributed by atoms with E-state index in [2.05, 4.69) is 21.2 Å². The van der Waals surface area contributed by atoms with Crippen LogP contribution in [0.15, 0.2) is 46.9 Å². The van der Waals surface area contributed by atoms with E-state index in [-0.39, 0.29) is 11.4 Å². The average molecular weight is 340 g/mol. The summed E-state index contributed by atoms with van der Waals surface area (Å²) in [5.41, 5.74) is 0.903. The Bertz CT molecular complexity index is 614. The molecule has 20 heavy (non-hydrogen) atoms. The van der Waals surface area contributed by atoms with E-state index in [9.17, 15) is 13.6 Å². The lowest BCUT2D eigenvalue weighted by atomic mass is 10.1. The van der Waals surface area contributed by atoms with Gasteiger partial charge in [0.05, 0.1) is 5.56 Å². The van der Waals surface area contributed by atoms with Crippen molar-refractivity contribution in [2.45, 2.75) is 6.42 Å². The Morgan fingerprint density at radius 3 is 2.50 bits per heavy atom. The van der Waals surface area contributed by atoms with E-state index in [1.165, 1.54) is 30.3 Å². The highest BCUT2D eigenvalue weighted by Gasteiger charge is 2.11. The topological polar surface area (TPSA) is 29.1 Å². The van der Waals surface area contributed by atoms with E-state index < -0.39 is 11.7 Å². The van der Waals surface area contributed by atoms with Crippen molar-refractivity contribution < 1.29 is 13.6 Å². The van der Waals surface area contributed by atoms with Gasteiger partial charge >= 0.3 is 0 Å². The lowest BCUT2D eigenvalue weighted by Gasteiger charge is -2.07. The highest BCUT2D eigenvalue weighted by atomic mass is 79.9. The zero-order valence-corrected chi connectivity index (χ0v) is 12.1. The van der Waals surface area contributed by atoms with Crippen LogP contribution < -0.4 is 5.32 Å². The molecule has 104 valence electrons. The summed E-state index contributed by atoms with van der Waals surface area (Å²) in [6.07, 6.45) is 0.557. The molecule has 0 aliphatic carbocycles. The van der Waals surface area contributed by atoms with Crippen molar-refractivity contribution in [3.05, 3.63) is 69.7 Å². The number of amides is 1. The number of rotatable bonds is 4. The van der Waals surface area contributed by atoms with E-state index in [0.29, 0.717) is 17.4 Å². The number of carbonyl (C=O) groups excluding carboxylic acids is 1. The SMILES string of the molecule is O=C(NCCc1ccc(F)cc1)c1cc(Br)ccc1F. The van der Waals surface area contributed by atoms with Crippen LogP contribution in [-0.2, 0) is 6.42 Å². The maximum atomic E-state index is 13.5. The van der Waals surface area contributed by atoms with Gasteiger partial charge in [-0.15, -0.1) is 0 Å². The van der Waals surface area contributed by atoms with Gasteiger partial charge in [0, 0.05) is 11.0 Å². The lowest BCUT2D eigenvalue weighted by molar-refractivity contribution is 0.0950. The number of hydrogen-bond acceptors (Lipinski definition) is 1. The van der Waals surface area contributed by atoms with Gasteiger partial charge in [0.1, 0.15) is 11.6 Å². The summed E-state index contributed by atoms with van der Waals surface area (Å²) in [4.78, 5) is 11.8. The van der Waals surface area contributed by atoms with E-state index in [0.717, 1.165) is 5.56 Å². The van der Waals surface area contributed by atoms with Crippen molar-refractivity contribution in [3.63, 3.8) is 0 Å². The van der Waals surface area contributed by atoms with Crippen LogP contribution in [0.5, 0.6) is 0 Å². The highest BCUT2D eigenvalue weighted by molar-refractivity contribution is 9.10. The first-order chi connectivity index (χ1) is 9.56. The molecular formula is C15H12BrF2NO. The Hall–Kier alpha value is -1.75. The monoisotopic (exact) mass is 339 g/mol. The molecule has 2 nitrogen and oxygen atoms in total. The third-order valence-corrected chi connectivity index (χ3v) is 3.28. The summed E-state index contributed by atoms with van der Waals surface area (Å²) in [5, 5.41) is 2.64. The fourth-order valence-electron chi connectivity index (χ4n) is 1.74. The summed E-state index contributed by atoms with van der Waals surface area (Å²) in [7, 11) is 0. The summed E-state index contributed by atoms with van der Waals surface area (Å²) in [5.74, 6) is -1.33. The van der Waals surface area contributed by atoms with Crippen molar-refractivity contribution in [2.24, 2.45) is 0 Å². The summed E-state index contributed by atoms with van der Waals surface area (Å²) in [6.45, 7) is 0.358. The number of carbonyl (C=O) groups is 1. The molecule has 1 amide bonds. The fourth-order valence-corrected chi connectivity index (χ4v) is 2.10. The van der Waals surface area contributed by atoms with Crippen LogP contribution in [0.4, 0.5) is 8.78 Å². The predicted octanol–water partition coefficient (Wildman–Crippen LogP) is 3.70. The van der Waals surface area contributed by atoms with Crippen LogP contribution in [0.2, 0.25) is 0 Å². The van der Waals surface area contributed by atoms with Gasteiger partial charge in [-0.2, -0.15) is 0 Å². The van der Waals surface area contributed by atoms with Gasteiger partial charge in [-0.1, -0.05) is 28.1 Å².